The minimum absolute atomic E-state index is 0.730. The highest BCUT2D eigenvalue weighted by molar-refractivity contribution is 5.27. The van der Waals surface area contributed by atoms with Crippen molar-refractivity contribution in [1.82, 2.24) is 5.32 Å². The van der Waals surface area contributed by atoms with Crippen LogP contribution >= 0.6 is 0 Å². The summed E-state index contributed by atoms with van der Waals surface area (Å²) in [5, 5.41) is 3.82. The van der Waals surface area contributed by atoms with Crippen LogP contribution < -0.4 is 5.32 Å². The van der Waals surface area contributed by atoms with E-state index in [0.717, 1.165) is 18.0 Å². The van der Waals surface area contributed by atoms with E-state index >= 15 is 0 Å². The van der Waals surface area contributed by atoms with Gasteiger partial charge in [0.2, 0.25) is 0 Å². The molecule has 94 valence electrons. The summed E-state index contributed by atoms with van der Waals surface area (Å²) in [4.78, 5) is 0. The van der Waals surface area contributed by atoms with Crippen LogP contribution in [0.15, 0.2) is 30.3 Å². The Balaban J connectivity index is 1.78. The van der Waals surface area contributed by atoms with E-state index in [1.165, 1.54) is 37.7 Å². The summed E-state index contributed by atoms with van der Waals surface area (Å²) in [5.74, 6) is 0.770. The van der Waals surface area contributed by atoms with Crippen molar-refractivity contribution in [1.29, 1.82) is 0 Å². The van der Waals surface area contributed by atoms with Crippen LogP contribution in [0.4, 0.5) is 0 Å². The molecule has 0 saturated heterocycles. The molecule has 0 radical (unpaired) electrons. The van der Waals surface area contributed by atoms with Gasteiger partial charge in [-0.25, -0.2) is 0 Å². The minimum Gasteiger partial charge on any atom is -0.311 e. The van der Waals surface area contributed by atoms with Gasteiger partial charge in [-0.2, -0.15) is 0 Å². The van der Waals surface area contributed by atoms with Crippen molar-refractivity contribution in [2.45, 2.75) is 64.0 Å². The van der Waals surface area contributed by atoms with Crippen LogP contribution in [0.3, 0.4) is 0 Å². The van der Waals surface area contributed by atoms with Crippen LogP contribution in [-0.4, -0.2) is 12.1 Å². The van der Waals surface area contributed by atoms with Gasteiger partial charge in [-0.15, -0.1) is 0 Å². The molecule has 1 fully saturated rings. The zero-order valence-electron chi connectivity index (χ0n) is 11.2. The lowest BCUT2D eigenvalue weighted by molar-refractivity contribution is 0.447. The molecule has 0 amide bonds. The molecule has 0 spiro atoms. The van der Waals surface area contributed by atoms with Crippen LogP contribution in [0.1, 0.15) is 57.4 Å². The van der Waals surface area contributed by atoms with Crippen molar-refractivity contribution in [3.05, 3.63) is 35.9 Å². The number of hydrogen-bond donors (Lipinski definition) is 1. The normalized spacial score (nSPS) is 24.6. The van der Waals surface area contributed by atoms with E-state index in [-0.39, 0.29) is 0 Å². The van der Waals surface area contributed by atoms with Gasteiger partial charge in [0.1, 0.15) is 0 Å². The van der Waals surface area contributed by atoms with Gasteiger partial charge in [-0.1, -0.05) is 57.0 Å². The Morgan fingerprint density at radius 1 is 1.24 bits per heavy atom. The molecule has 3 unspecified atom stereocenters. The summed E-state index contributed by atoms with van der Waals surface area (Å²) >= 11 is 0. The van der Waals surface area contributed by atoms with Gasteiger partial charge < -0.3 is 5.32 Å². The smallest absolute Gasteiger partial charge is 0.0145 e. The van der Waals surface area contributed by atoms with E-state index < -0.39 is 0 Å². The fraction of sp³-hybridized carbons (Fsp3) is 0.625. The molecular weight excluding hydrogens is 206 g/mol. The number of rotatable bonds is 7. The zero-order valence-corrected chi connectivity index (χ0v) is 11.2. The predicted octanol–water partition coefficient (Wildman–Crippen LogP) is 4.10. The molecule has 1 saturated carbocycles. The van der Waals surface area contributed by atoms with Gasteiger partial charge >= 0.3 is 0 Å². The van der Waals surface area contributed by atoms with Crippen molar-refractivity contribution in [2.75, 3.05) is 0 Å². The van der Waals surface area contributed by atoms with Crippen molar-refractivity contribution in [3.63, 3.8) is 0 Å². The van der Waals surface area contributed by atoms with Crippen LogP contribution in [0.5, 0.6) is 0 Å². The standard InChI is InChI=1S/C16H25N/c1-3-5-11-14(4-2)17-16-12-15(16)13-9-7-6-8-10-13/h6-10,14-17H,3-5,11-12H2,1-2H3. The molecular formula is C16H25N. The Kier molecular flexibility index (Phi) is 4.61. The van der Waals surface area contributed by atoms with E-state index in [1.54, 1.807) is 0 Å². The van der Waals surface area contributed by atoms with Crippen molar-refractivity contribution in [2.24, 2.45) is 0 Å². The first-order chi connectivity index (χ1) is 8.35. The zero-order chi connectivity index (χ0) is 12.1. The van der Waals surface area contributed by atoms with E-state index in [9.17, 15) is 0 Å². The van der Waals surface area contributed by atoms with Gasteiger partial charge in [0.15, 0.2) is 0 Å². The second kappa shape index (κ2) is 6.20. The number of benzene rings is 1. The molecule has 1 nitrogen and oxygen atoms in total. The monoisotopic (exact) mass is 231 g/mol. The highest BCUT2D eigenvalue weighted by atomic mass is 15.0. The SMILES string of the molecule is CCCCC(CC)NC1CC1c1ccccc1. The lowest BCUT2D eigenvalue weighted by Gasteiger charge is -2.16. The Labute approximate surface area is 106 Å². The molecule has 1 N–H and O–H groups in total. The van der Waals surface area contributed by atoms with Crippen molar-refractivity contribution in [3.8, 4) is 0 Å². The van der Waals surface area contributed by atoms with Crippen molar-refractivity contribution < 1.29 is 0 Å². The summed E-state index contributed by atoms with van der Waals surface area (Å²) < 4.78 is 0. The Morgan fingerprint density at radius 3 is 2.65 bits per heavy atom. The fourth-order valence-electron chi connectivity index (χ4n) is 2.61. The third-order valence-electron chi connectivity index (χ3n) is 3.87. The molecule has 1 aliphatic carbocycles. The molecule has 0 aliphatic heterocycles. The van der Waals surface area contributed by atoms with Crippen LogP contribution in [0.25, 0.3) is 0 Å². The average molecular weight is 231 g/mol. The van der Waals surface area contributed by atoms with Crippen LogP contribution in [0, 0.1) is 0 Å². The van der Waals surface area contributed by atoms with Gasteiger partial charge in [0.05, 0.1) is 0 Å². The van der Waals surface area contributed by atoms with E-state index in [1.807, 2.05) is 0 Å². The maximum absolute atomic E-state index is 3.82. The molecule has 2 rings (SSSR count). The van der Waals surface area contributed by atoms with Crippen LogP contribution in [-0.2, 0) is 0 Å². The molecule has 0 aromatic heterocycles. The Hall–Kier alpha value is -0.820. The van der Waals surface area contributed by atoms with Gasteiger partial charge in [-0.05, 0) is 24.8 Å². The summed E-state index contributed by atoms with van der Waals surface area (Å²) in [6, 6.07) is 12.4. The second-order valence-electron chi connectivity index (χ2n) is 5.27. The lowest BCUT2D eigenvalue weighted by Crippen LogP contribution is -2.31. The van der Waals surface area contributed by atoms with Gasteiger partial charge in [0, 0.05) is 18.0 Å². The maximum atomic E-state index is 3.82. The quantitative estimate of drug-likeness (QED) is 0.745. The molecule has 0 bridgehead atoms. The third kappa shape index (κ3) is 3.57. The Morgan fingerprint density at radius 2 is 2.00 bits per heavy atom. The maximum Gasteiger partial charge on any atom is 0.0145 e. The largest absolute Gasteiger partial charge is 0.311 e. The highest BCUT2D eigenvalue weighted by Crippen LogP contribution is 2.41. The number of nitrogens with one attached hydrogen (secondary N) is 1. The molecule has 1 heteroatoms. The number of hydrogen-bond acceptors (Lipinski definition) is 1. The minimum atomic E-state index is 0.730. The van der Waals surface area contributed by atoms with Crippen LogP contribution in [0.2, 0.25) is 0 Å². The van der Waals surface area contributed by atoms with E-state index in [4.69, 9.17) is 0 Å². The highest BCUT2D eigenvalue weighted by Gasteiger charge is 2.38. The first-order valence-electron chi connectivity index (χ1n) is 7.16. The molecule has 1 aromatic carbocycles. The predicted molar refractivity (Wildman–Crippen MR) is 74.3 cm³/mol. The second-order valence-corrected chi connectivity index (χ2v) is 5.27. The number of unbranched alkanes of at least 4 members (excludes halogenated alkanes) is 1. The lowest BCUT2D eigenvalue weighted by atomic mass is 10.1. The molecule has 1 aromatic rings. The average Bonchev–Trinajstić information content (AvgIpc) is 3.15. The first kappa shape index (κ1) is 12.6. The third-order valence-corrected chi connectivity index (χ3v) is 3.87. The Bertz CT molecular complexity index is 320. The summed E-state index contributed by atoms with van der Waals surface area (Å²) in [6.45, 7) is 4.57. The first-order valence-corrected chi connectivity index (χ1v) is 7.16. The molecule has 3 atom stereocenters. The van der Waals surface area contributed by atoms with E-state index in [2.05, 4.69) is 49.5 Å². The van der Waals surface area contributed by atoms with Gasteiger partial charge in [-0.3, -0.25) is 0 Å². The summed E-state index contributed by atoms with van der Waals surface area (Å²) in [5.41, 5.74) is 1.51. The molecule has 17 heavy (non-hydrogen) atoms. The van der Waals surface area contributed by atoms with E-state index in [0.29, 0.717) is 0 Å². The summed E-state index contributed by atoms with van der Waals surface area (Å²) in [6.07, 6.45) is 6.59. The van der Waals surface area contributed by atoms with Gasteiger partial charge in [0.25, 0.3) is 0 Å². The fourth-order valence-corrected chi connectivity index (χ4v) is 2.61. The topological polar surface area (TPSA) is 12.0 Å². The molecule has 0 heterocycles. The summed E-state index contributed by atoms with van der Waals surface area (Å²) in [7, 11) is 0. The van der Waals surface area contributed by atoms with Crippen molar-refractivity contribution >= 4 is 0 Å². The molecule has 1 aliphatic rings.